The van der Waals surface area contributed by atoms with Crippen molar-refractivity contribution >= 4 is 11.6 Å². The standard InChI is InChI=1S/C15H25N3O/c1-9-18(15(6,7)8)16-12-11(2)10-17(13(12)19)14(3,4)5/h9H,1-2,10H2,3-8H3/b16-12+. The van der Waals surface area contributed by atoms with Gasteiger partial charge in [0, 0.05) is 18.3 Å². The number of rotatable bonds is 2. The van der Waals surface area contributed by atoms with Crippen LogP contribution in [-0.4, -0.2) is 39.2 Å². The highest BCUT2D eigenvalue weighted by molar-refractivity contribution is 6.47. The lowest BCUT2D eigenvalue weighted by Gasteiger charge is -2.31. The molecule has 0 aromatic heterocycles. The maximum Gasteiger partial charge on any atom is 0.275 e. The third-order valence-electron chi connectivity index (χ3n) is 3.01. The fourth-order valence-electron chi connectivity index (χ4n) is 1.84. The van der Waals surface area contributed by atoms with Crippen molar-refractivity contribution in [2.75, 3.05) is 6.54 Å². The largest absolute Gasteiger partial charge is 0.328 e. The van der Waals surface area contributed by atoms with Gasteiger partial charge in [-0.1, -0.05) is 13.2 Å². The van der Waals surface area contributed by atoms with Crippen LogP contribution in [0.1, 0.15) is 41.5 Å². The van der Waals surface area contributed by atoms with E-state index < -0.39 is 0 Å². The van der Waals surface area contributed by atoms with E-state index in [0.717, 1.165) is 5.57 Å². The van der Waals surface area contributed by atoms with Crippen LogP contribution in [0.15, 0.2) is 30.0 Å². The van der Waals surface area contributed by atoms with E-state index in [9.17, 15) is 4.79 Å². The first-order chi connectivity index (χ1) is 8.48. The summed E-state index contributed by atoms with van der Waals surface area (Å²) in [4.78, 5) is 14.2. The van der Waals surface area contributed by atoms with Crippen LogP contribution in [0.2, 0.25) is 0 Å². The first-order valence-corrected chi connectivity index (χ1v) is 6.49. The Labute approximate surface area is 116 Å². The lowest BCUT2D eigenvalue weighted by Crippen LogP contribution is -2.43. The number of likely N-dealkylation sites (tertiary alicyclic amines) is 1. The lowest BCUT2D eigenvalue weighted by molar-refractivity contribution is -0.126. The predicted molar refractivity (Wildman–Crippen MR) is 79.8 cm³/mol. The van der Waals surface area contributed by atoms with Crippen molar-refractivity contribution in [2.24, 2.45) is 5.10 Å². The summed E-state index contributed by atoms with van der Waals surface area (Å²) in [6.45, 7) is 20.3. The Bertz CT molecular complexity index is 435. The predicted octanol–water partition coefficient (Wildman–Crippen LogP) is 2.78. The summed E-state index contributed by atoms with van der Waals surface area (Å²) in [7, 11) is 0. The molecule has 1 aliphatic rings. The van der Waals surface area contributed by atoms with Gasteiger partial charge in [-0.3, -0.25) is 9.80 Å². The molecule has 0 aromatic carbocycles. The molecule has 106 valence electrons. The van der Waals surface area contributed by atoms with Gasteiger partial charge in [-0.15, -0.1) is 0 Å². The quantitative estimate of drug-likeness (QED) is 0.718. The number of carbonyl (C=O) groups excluding carboxylic acids is 1. The Morgan fingerprint density at radius 1 is 1.26 bits per heavy atom. The van der Waals surface area contributed by atoms with Crippen LogP contribution in [0.25, 0.3) is 0 Å². The highest BCUT2D eigenvalue weighted by atomic mass is 16.2. The van der Waals surface area contributed by atoms with E-state index in [2.05, 4.69) is 18.3 Å². The molecule has 0 aliphatic carbocycles. The summed E-state index contributed by atoms with van der Waals surface area (Å²) in [5, 5.41) is 6.14. The van der Waals surface area contributed by atoms with Gasteiger partial charge < -0.3 is 4.90 Å². The molecule has 0 N–H and O–H groups in total. The molecule has 4 nitrogen and oxygen atoms in total. The second kappa shape index (κ2) is 4.83. The molecule has 4 heteroatoms. The van der Waals surface area contributed by atoms with Gasteiger partial charge in [-0.05, 0) is 47.1 Å². The number of carbonyl (C=O) groups is 1. The molecule has 0 unspecified atom stereocenters. The van der Waals surface area contributed by atoms with Crippen molar-refractivity contribution < 1.29 is 4.79 Å². The van der Waals surface area contributed by atoms with Gasteiger partial charge in [0.05, 0.1) is 5.54 Å². The molecule has 0 aromatic rings. The molecular weight excluding hydrogens is 238 g/mol. The van der Waals surface area contributed by atoms with Crippen LogP contribution in [0.3, 0.4) is 0 Å². The van der Waals surface area contributed by atoms with Gasteiger partial charge in [0.2, 0.25) is 0 Å². The molecule has 1 fully saturated rings. The molecule has 1 heterocycles. The monoisotopic (exact) mass is 263 g/mol. The average molecular weight is 263 g/mol. The Balaban J connectivity index is 3.12. The molecule has 0 atom stereocenters. The van der Waals surface area contributed by atoms with Crippen LogP contribution in [0.4, 0.5) is 0 Å². The zero-order valence-corrected chi connectivity index (χ0v) is 12.9. The molecule has 19 heavy (non-hydrogen) atoms. The number of hydrogen-bond acceptors (Lipinski definition) is 3. The van der Waals surface area contributed by atoms with Crippen molar-refractivity contribution in [3.8, 4) is 0 Å². The molecule has 0 spiro atoms. The summed E-state index contributed by atoms with van der Waals surface area (Å²) < 4.78 is 0. The van der Waals surface area contributed by atoms with E-state index in [1.807, 2.05) is 41.5 Å². The van der Waals surface area contributed by atoms with Gasteiger partial charge in [-0.2, -0.15) is 5.10 Å². The number of nitrogens with zero attached hydrogens (tertiary/aromatic N) is 3. The molecule has 0 bridgehead atoms. The Kier molecular flexibility index (Phi) is 3.94. The normalized spacial score (nSPS) is 19.3. The molecule has 1 aliphatic heterocycles. The van der Waals surface area contributed by atoms with E-state index in [1.165, 1.54) is 0 Å². The molecule has 0 saturated carbocycles. The van der Waals surface area contributed by atoms with Gasteiger partial charge in [0.25, 0.3) is 5.91 Å². The van der Waals surface area contributed by atoms with Gasteiger partial charge in [-0.25, -0.2) is 0 Å². The maximum absolute atomic E-state index is 12.4. The van der Waals surface area contributed by atoms with Gasteiger partial charge >= 0.3 is 0 Å². The van der Waals surface area contributed by atoms with Crippen molar-refractivity contribution in [1.82, 2.24) is 9.91 Å². The molecular formula is C15H25N3O. The zero-order valence-electron chi connectivity index (χ0n) is 12.9. The Morgan fingerprint density at radius 2 is 1.79 bits per heavy atom. The van der Waals surface area contributed by atoms with E-state index in [4.69, 9.17) is 0 Å². The number of amides is 1. The third kappa shape index (κ3) is 3.25. The summed E-state index contributed by atoms with van der Waals surface area (Å²) in [6.07, 6.45) is 1.63. The van der Waals surface area contributed by atoms with Gasteiger partial charge in [0.1, 0.15) is 0 Å². The summed E-state index contributed by atoms with van der Waals surface area (Å²) in [5.74, 6) is -0.0615. The highest BCUT2D eigenvalue weighted by Gasteiger charge is 2.38. The second-order valence-electron chi connectivity index (χ2n) is 6.81. The Morgan fingerprint density at radius 3 is 2.11 bits per heavy atom. The zero-order chi connectivity index (χ0) is 15.0. The van der Waals surface area contributed by atoms with E-state index >= 15 is 0 Å². The maximum atomic E-state index is 12.4. The molecule has 0 radical (unpaired) electrons. The highest BCUT2D eigenvalue weighted by Crippen LogP contribution is 2.24. The topological polar surface area (TPSA) is 35.9 Å². The molecule has 1 saturated heterocycles. The van der Waals surface area contributed by atoms with Crippen LogP contribution in [0, 0.1) is 0 Å². The van der Waals surface area contributed by atoms with Crippen LogP contribution < -0.4 is 0 Å². The van der Waals surface area contributed by atoms with E-state index in [-0.39, 0.29) is 17.0 Å². The summed E-state index contributed by atoms with van der Waals surface area (Å²) in [5.41, 5.74) is 0.753. The number of hydrazone groups is 1. The Hall–Kier alpha value is -1.58. The van der Waals surface area contributed by atoms with Crippen molar-refractivity contribution in [2.45, 2.75) is 52.6 Å². The molecule has 1 rings (SSSR count). The smallest absolute Gasteiger partial charge is 0.275 e. The van der Waals surface area contributed by atoms with E-state index in [0.29, 0.717) is 12.3 Å². The average Bonchev–Trinajstić information content (AvgIpc) is 2.49. The summed E-state index contributed by atoms with van der Waals surface area (Å²) >= 11 is 0. The van der Waals surface area contributed by atoms with E-state index in [1.54, 1.807) is 16.1 Å². The number of hydrogen-bond donors (Lipinski definition) is 0. The lowest BCUT2D eigenvalue weighted by atomic mass is 10.1. The second-order valence-corrected chi connectivity index (χ2v) is 6.81. The van der Waals surface area contributed by atoms with Crippen molar-refractivity contribution in [3.05, 3.63) is 24.9 Å². The molecule has 1 amide bonds. The third-order valence-corrected chi connectivity index (χ3v) is 3.01. The van der Waals surface area contributed by atoms with Crippen LogP contribution >= 0.6 is 0 Å². The minimum atomic E-state index is -0.224. The fourth-order valence-corrected chi connectivity index (χ4v) is 1.84. The van der Waals surface area contributed by atoms with Crippen LogP contribution in [-0.2, 0) is 4.79 Å². The van der Waals surface area contributed by atoms with Crippen LogP contribution in [0.5, 0.6) is 0 Å². The van der Waals surface area contributed by atoms with Gasteiger partial charge in [0.15, 0.2) is 5.71 Å². The summed E-state index contributed by atoms with van der Waals surface area (Å²) in [6, 6.07) is 0. The minimum Gasteiger partial charge on any atom is -0.328 e. The fraction of sp³-hybridized carbons (Fsp3) is 0.600. The first kappa shape index (κ1) is 15.5. The first-order valence-electron chi connectivity index (χ1n) is 6.49. The minimum absolute atomic E-state index is 0.0615. The SMILES string of the molecule is C=CN(/N=C1\C(=C)CN(C(C)(C)C)C1=O)C(C)(C)C. The van der Waals surface area contributed by atoms with Crippen molar-refractivity contribution in [3.63, 3.8) is 0 Å². The van der Waals surface area contributed by atoms with Crippen molar-refractivity contribution in [1.29, 1.82) is 0 Å².